The number of para-hydroxylation sites is 1. The molecule has 0 amide bonds. The first kappa shape index (κ1) is 13.3. The van der Waals surface area contributed by atoms with Crippen LogP contribution >= 0.6 is 11.8 Å². The molecule has 0 aliphatic carbocycles. The van der Waals surface area contributed by atoms with Gasteiger partial charge >= 0.3 is 0 Å². The van der Waals surface area contributed by atoms with Gasteiger partial charge in [-0.2, -0.15) is 0 Å². The SMILES string of the molecule is C#CCSCCNCc1cccc2c1NCCC2. The Labute approximate surface area is 114 Å². The molecule has 96 valence electrons. The summed E-state index contributed by atoms with van der Waals surface area (Å²) in [6.07, 6.45) is 7.66. The summed E-state index contributed by atoms with van der Waals surface area (Å²) in [4.78, 5) is 0. The zero-order valence-electron chi connectivity index (χ0n) is 10.7. The maximum atomic E-state index is 5.21. The second-order valence-electron chi connectivity index (χ2n) is 4.42. The third kappa shape index (κ3) is 3.69. The van der Waals surface area contributed by atoms with Crippen molar-refractivity contribution >= 4 is 17.4 Å². The number of hydrogen-bond acceptors (Lipinski definition) is 3. The highest BCUT2D eigenvalue weighted by Crippen LogP contribution is 2.25. The van der Waals surface area contributed by atoms with E-state index >= 15 is 0 Å². The lowest BCUT2D eigenvalue weighted by Crippen LogP contribution is -2.20. The second kappa shape index (κ2) is 7.35. The third-order valence-electron chi connectivity index (χ3n) is 3.09. The fourth-order valence-electron chi connectivity index (χ4n) is 2.23. The van der Waals surface area contributed by atoms with E-state index in [0.29, 0.717) is 0 Å². The molecule has 18 heavy (non-hydrogen) atoms. The summed E-state index contributed by atoms with van der Waals surface area (Å²) in [5, 5.41) is 7.00. The summed E-state index contributed by atoms with van der Waals surface area (Å²) in [7, 11) is 0. The van der Waals surface area contributed by atoms with Gasteiger partial charge in [0, 0.05) is 31.1 Å². The number of thioether (sulfide) groups is 1. The topological polar surface area (TPSA) is 24.1 Å². The summed E-state index contributed by atoms with van der Waals surface area (Å²) < 4.78 is 0. The smallest absolute Gasteiger partial charge is 0.0545 e. The van der Waals surface area contributed by atoms with E-state index in [1.165, 1.54) is 29.7 Å². The van der Waals surface area contributed by atoms with E-state index in [-0.39, 0.29) is 0 Å². The Bertz CT molecular complexity index is 423. The van der Waals surface area contributed by atoms with Crippen molar-refractivity contribution in [1.82, 2.24) is 5.32 Å². The number of aryl methyl sites for hydroxylation is 1. The van der Waals surface area contributed by atoms with Crippen LogP contribution < -0.4 is 10.6 Å². The first-order valence-corrected chi connectivity index (χ1v) is 7.64. The number of fused-ring (bicyclic) bond motifs is 1. The van der Waals surface area contributed by atoms with Gasteiger partial charge in [0.1, 0.15) is 0 Å². The fraction of sp³-hybridized carbons (Fsp3) is 0.467. The fourth-order valence-corrected chi connectivity index (χ4v) is 2.78. The van der Waals surface area contributed by atoms with Crippen molar-refractivity contribution in [2.75, 3.05) is 29.9 Å². The zero-order valence-corrected chi connectivity index (χ0v) is 11.5. The van der Waals surface area contributed by atoms with Crippen LogP contribution in [0.2, 0.25) is 0 Å². The largest absolute Gasteiger partial charge is 0.385 e. The van der Waals surface area contributed by atoms with Crippen molar-refractivity contribution in [3.63, 3.8) is 0 Å². The molecule has 1 aromatic carbocycles. The predicted octanol–water partition coefficient (Wildman–Crippen LogP) is 2.50. The molecule has 0 atom stereocenters. The van der Waals surface area contributed by atoms with Gasteiger partial charge in [0.15, 0.2) is 0 Å². The lowest BCUT2D eigenvalue weighted by molar-refractivity contribution is 0.726. The number of benzene rings is 1. The molecular formula is C15H20N2S. The van der Waals surface area contributed by atoms with Crippen LogP contribution in [0.25, 0.3) is 0 Å². The zero-order chi connectivity index (χ0) is 12.6. The molecular weight excluding hydrogens is 240 g/mol. The van der Waals surface area contributed by atoms with Crippen LogP contribution in [0.4, 0.5) is 5.69 Å². The van der Waals surface area contributed by atoms with Crippen LogP contribution in [0.1, 0.15) is 17.5 Å². The van der Waals surface area contributed by atoms with Crippen LogP contribution in [-0.4, -0.2) is 24.6 Å². The molecule has 0 radical (unpaired) electrons. The highest BCUT2D eigenvalue weighted by Gasteiger charge is 2.11. The predicted molar refractivity (Wildman–Crippen MR) is 81.1 cm³/mol. The molecule has 1 aliphatic heterocycles. The van der Waals surface area contributed by atoms with E-state index in [9.17, 15) is 0 Å². The number of hydrogen-bond donors (Lipinski definition) is 2. The first-order valence-electron chi connectivity index (χ1n) is 6.48. The van der Waals surface area contributed by atoms with Gasteiger partial charge in [0.25, 0.3) is 0 Å². The highest BCUT2D eigenvalue weighted by atomic mass is 32.2. The summed E-state index contributed by atoms with van der Waals surface area (Å²) in [5.74, 6) is 4.53. The average molecular weight is 260 g/mol. The number of anilines is 1. The van der Waals surface area contributed by atoms with Gasteiger partial charge in [-0.05, 0) is 24.0 Å². The first-order chi connectivity index (χ1) is 8.92. The van der Waals surface area contributed by atoms with Gasteiger partial charge in [-0.25, -0.2) is 0 Å². The van der Waals surface area contributed by atoms with Crippen molar-refractivity contribution in [2.24, 2.45) is 0 Å². The van der Waals surface area contributed by atoms with Crippen molar-refractivity contribution < 1.29 is 0 Å². The Kier molecular flexibility index (Phi) is 5.44. The van der Waals surface area contributed by atoms with Crippen molar-refractivity contribution in [2.45, 2.75) is 19.4 Å². The van der Waals surface area contributed by atoms with E-state index in [0.717, 1.165) is 31.1 Å². The van der Waals surface area contributed by atoms with E-state index in [2.05, 4.69) is 34.8 Å². The van der Waals surface area contributed by atoms with Crippen LogP contribution in [0, 0.1) is 12.3 Å². The van der Waals surface area contributed by atoms with Crippen LogP contribution in [0.15, 0.2) is 18.2 Å². The normalized spacial score (nSPS) is 13.5. The standard InChI is InChI=1S/C15H20N2S/c1-2-10-18-11-9-16-12-14-6-3-5-13-7-4-8-17-15(13)14/h1,3,5-6,16-17H,4,7-12H2. The molecule has 0 saturated carbocycles. The minimum Gasteiger partial charge on any atom is -0.385 e. The maximum Gasteiger partial charge on any atom is 0.0545 e. The number of nitrogens with one attached hydrogen (secondary N) is 2. The Morgan fingerprint density at radius 1 is 1.44 bits per heavy atom. The molecule has 2 N–H and O–H groups in total. The summed E-state index contributed by atoms with van der Waals surface area (Å²) >= 11 is 1.80. The van der Waals surface area contributed by atoms with Gasteiger partial charge in [-0.3, -0.25) is 0 Å². The van der Waals surface area contributed by atoms with Crippen LogP contribution in [-0.2, 0) is 13.0 Å². The Morgan fingerprint density at radius 3 is 3.28 bits per heavy atom. The van der Waals surface area contributed by atoms with Crippen LogP contribution in [0.5, 0.6) is 0 Å². The van der Waals surface area contributed by atoms with E-state index in [1.807, 2.05) is 0 Å². The summed E-state index contributed by atoms with van der Waals surface area (Å²) in [6, 6.07) is 6.60. The Balaban J connectivity index is 1.81. The molecule has 0 bridgehead atoms. The van der Waals surface area contributed by atoms with Gasteiger partial charge < -0.3 is 10.6 Å². The Morgan fingerprint density at radius 2 is 2.39 bits per heavy atom. The quantitative estimate of drug-likeness (QED) is 0.607. The second-order valence-corrected chi connectivity index (χ2v) is 5.52. The van der Waals surface area contributed by atoms with Crippen molar-refractivity contribution in [3.8, 4) is 12.3 Å². The molecule has 1 aromatic rings. The van der Waals surface area contributed by atoms with Gasteiger partial charge in [0.2, 0.25) is 0 Å². The molecule has 0 unspecified atom stereocenters. The van der Waals surface area contributed by atoms with Gasteiger partial charge in [-0.15, -0.1) is 18.2 Å². The van der Waals surface area contributed by atoms with E-state index in [4.69, 9.17) is 6.42 Å². The molecule has 2 nitrogen and oxygen atoms in total. The van der Waals surface area contributed by atoms with Crippen LogP contribution in [0.3, 0.4) is 0 Å². The number of terminal acetylenes is 1. The van der Waals surface area contributed by atoms with Crippen molar-refractivity contribution in [1.29, 1.82) is 0 Å². The monoisotopic (exact) mass is 260 g/mol. The molecule has 2 rings (SSSR count). The summed E-state index contributed by atoms with van der Waals surface area (Å²) in [6.45, 7) is 3.05. The Hall–Kier alpha value is -1.11. The van der Waals surface area contributed by atoms with Gasteiger partial charge in [-0.1, -0.05) is 24.1 Å². The van der Waals surface area contributed by atoms with Gasteiger partial charge in [0.05, 0.1) is 5.75 Å². The third-order valence-corrected chi connectivity index (χ3v) is 3.95. The molecule has 0 saturated heterocycles. The average Bonchev–Trinajstić information content (AvgIpc) is 2.43. The molecule has 1 heterocycles. The molecule has 0 aromatic heterocycles. The molecule has 0 fully saturated rings. The number of rotatable bonds is 6. The van der Waals surface area contributed by atoms with Crippen molar-refractivity contribution in [3.05, 3.63) is 29.3 Å². The lowest BCUT2D eigenvalue weighted by atomic mass is 9.99. The highest BCUT2D eigenvalue weighted by molar-refractivity contribution is 7.99. The maximum absolute atomic E-state index is 5.21. The minimum atomic E-state index is 0.809. The van der Waals surface area contributed by atoms with E-state index < -0.39 is 0 Å². The lowest BCUT2D eigenvalue weighted by Gasteiger charge is -2.21. The summed E-state index contributed by atoms with van der Waals surface area (Å²) in [5.41, 5.74) is 4.20. The molecule has 1 aliphatic rings. The minimum absolute atomic E-state index is 0.809. The van der Waals surface area contributed by atoms with E-state index in [1.54, 1.807) is 11.8 Å². The molecule has 0 spiro atoms. The molecule has 3 heteroatoms.